The Bertz CT molecular complexity index is 1600. The van der Waals surface area contributed by atoms with E-state index in [0.29, 0.717) is 38.2 Å². The van der Waals surface area contributed by atoms with Crippen LogP contribution in [-0.4, -0.2) is 53.8 Å². The van der Waals surface area contributed by atoms with Crippen molar-refractivity contribution in [3.63, 3.8) is 0 Å². The third-order valence-electron chi connectivity index (χ3n) is 9.44. The molecular weight excluding hydrogens is 571 g/mol. The van der Waals surface area contributed by atoms with Crippen molar-refractivity contribution in [2.45, 2.75) is 70.9 Å². The molecule has 0 N–H and O–H groups in total. The highest BCUT2D eigenvalue weighted by Gasteiger charge is 2.42. The zero-order valence-corrected chi connectivity index (χ0v) is 26.3. The van der Waals surface area contributed by atoms with Gasteiger partial charge in [0, 0.05) is 32.0 Å². The SMILES string of the molecule is CCOc1ccc2c(c1)CCN(C(=O)N1CC(CC(=O)OCc3ccccc3)C1)C2C(=O)Cc1cc(F)c2c(c1)CCC2(C)C. The second-order valence-corrected chi connectivity index (χ2v) is 13.2. The van der Waals surface area contributed by atoms with E-state index in [-0.39, 0.29) is 54.4 Å². The minimum absolute atomic E-state index is 0.0100. The fourth-order valence-corrected chi connectivity index (χ4v) is 7.14. The molecule has 3 aromatic rings. The first-order valence-electron chi connectivity index (χ1n) is 16.0. The number of carbonyl (C=O) groups is 3. The van der Waals surface area contributed by atoms with Crippen molar-refractivity contribution >= 4 is 17.8 Å². The highest BCUT2D eigenvalue weighted by Crippen LogP contribution is 2.41. The van der Waals surface area contributed by atoms with Gasteiger partial charge in [0.2, 0.25) is 0 Å². The number of urea groups is 1. The fourth-order valence-electron chi connectivity index (χ4n) is 7.14. The lowest BCUT2D eigenvalue weighted by atomic mass is 9.84. The lowest BCUT2D eigenvalue weighted by Gasteiger charge is -2.45. The number of halogens is 1. The Hall–Kier alpha value is -4.20. The molecule has 2 heterocycles. The number of hydrogen-bond donors (Lipinski definition) is 0. The molecule has 0 spiro atoms. The summed E-state index contributed by atoms with van der Waals surface area (Å²) in [5, 5.41) is 0. The first kappa shape index (κ1) is 30.8. The van der Waals surface area contributed by atoms with Crippen LogP contribution >= 0.6 is 0 Å². The van der Waals surface area contributed by atoms with Crippen LogP contribution in [0.1, 0.15) is 73.0 Å². The van der Waals surface area contributed by atoms with Gasteiger partial charge in [0.15, 0.2) is 5.78 Å². The summed E-state index contributed by atoms with van der Waals surface area (Å²) in [6, 6.07) is 17.7. The second kappa shape index (κ2) is 12.7. The van der Waals surface area contributed by atoms with E-state index in [9.17, 15) is 14.4 Å². The number of benzene rings is 3. The van der Waals surface area contributed by atoms with E-state index in [2.05, 4.69) is 13.8 Å². The monoisotopic (exact) mass is 612 g/mol. The molecule has 0 aromatic heterocycles. The van der Waals surface area contributed by atoms with Gasteiger partial charge in [-0.05, 0) is 83.2 Å². The summed E-state index contributed by atoms with van der Waals surface area (Å²) in [4.78, 5) is 43.7. The van der Waals surface area contributed by atoms with Crippen molar-refractivity contribution in [1.82, 2.24) is 9.80 Å². The summed E-state index contributed by atoms with van der Waals surface area (Å²) < 4.78 is 26.4. The van der Waals surface area contributed by atoms with Gasteiger partial charge < -0.3 is 19.3 Å². The maximum absolute atomic E-state index is 15.3. The van der Waals surface area contributed by atoms with Gasteiger partial charge in [0.05, 0.1) is 13.0 Å². The highest BCUT2D eigenvalue weighted by molar-refractivity contribution is 5.92. The van der Waals surface area contributed by atoms with E-state index in [0.717, 1.165) is 46.4 Å². The Morgan fingerprint density at radius 2 is 1.73 bits per heavy atom. The number of nitrogens with zero attached hydrogens (tertiary/aromatic N) is 2. The van der Waals surface area contributed by atoms with Crippen LogP contribution in [0.5, 0.6) is 5.75 Å². The first-order chi connectivity index (χ1) is 21.6. The first-order valence-corrected chi connectivity index (χ1v) is 16.0. The van der Waals surface area contributed by atoms with Crippen LogP contribution in [0.25, 0.3) is 0 Å². The largest absolute Gasteiger partial charge is 0.494 e. The predicted molar refractivity (Wildman–Crippen MR) is 169 cm³/mol. The van der Waals surface area contributed by atoms with Gasteiger partial charge >= 0.3 is 12.0 Å². The van der Waals surface area contributed by atoms with E-state index < -0.39 is 6.04 Å². The molecule has 1 aliphatic carbocycles. The molecule has 45 heavy (non-hydrogen) atoms. The number of likely N-dealkylation sites (tertiary alicyclic amines) is 1. The van der Waals surface area contributed by atoms with Gasteiger partial charge in [-0.3, -0.25) is 9.59 Å². The number of aryl methyl sites for hydroxylation is 1. The van der Waals surface area contributed by atoms with E-state index in [1.807, 2.05) is 61.5 Å². The molecular formula is C37H41FN2O5. The van der Waals surface area contributed by atoms with Crippen molar-refractivity contribution < 1.29 is 28.2 Å². The third-order valence-corrected chi connectivity index (χ3v) is 9.44. The summed E-state index contributed by atoms with van der Waals surface area (Å²) in [5.41, 5.74) is 4.82. The van der Waals surface area contributed by atoms with Crippen molar-refractivity contribution in [1.29, 1.82) is 0 Å². The Kier molecular flexibility index (Phi) is 8.67. The Morgan fingerprint density at radius 3 is 2.49 bits per heavy atom. The number of carbonyl (C=O) groups excluding carboxylic acids is 3. The number of rotatable bonds is 9. The molecule has 3 aromatic carbocycles. The summed E-state index contributed by atoms with van der Waals surface area (Å²) in [6.45, 7) is 8.03. The molecule has 2 amide bonds. The van der Waals surface area contributed by atoms with Gasteiger partial charge in [-0.2, -0.15) is 0 Å². The lowest BCUT2D eigenvalue weighted by molar-refractivity contribution is -0.147. The van der Waals surface area contributed by atoms with Gasteiger partial charge in [-0.15, -0.1) is 0 Å². The van der Waals surface area contributed by atoms with E-state index in [4.69, 9.17) is 9.47 Å². The molecule has 7 nitrogen and oxygen atoms in total. The summed E-state index contributed by atoms with van der Waals surface area (Å²) in [5.74, 6) is 0.0498. The Labute approximate surface area is 264 Å². The molecule has 0 bridgehead atoms. The van der Waals surface area contributed by atoms with Crippen molar-refractivity contribution in [2.24, 2.45) is 5.92 Å². The van der Waals surface area contributed by atoms with Crippen LogP contribution in [0, 0.1) is 11.7 Å². The van der Waals surface area contributed by atoms with E-state index in [1.165, 1.54) is 6.07 Å². The highest BCUT2D eigenvalue weighted by atomic mass is 19.1. The lowest BCUT2D eigenvalue weighted by Crippen LogP contribution is -2.57. The number of fused-ring (bicyclic) bond motifs is 2. The number of hydrogen-bond acceptors (Lipinski definition) is 5. The maximum Gasteiger partial charge on any atom is 0.320 e. The predicted octanol–water partition coefficient (Wildman–Crippen LogP) is 6.34. The molecule has 2 aliphatic heterocycles. The molecule has 1 fully saturated rings. The third kappa shape index (κ3) is 6.46. The number of amides is 2. The van der Waals surface area contributed by atoms with Crippen LogP contribution in [0.2, 0.25) is 0 Å². The van der Waals surface area contributed by atoms with Crippen LogP contribution in [0.3, 0.4) is 0 Å². The Morgan fingerprint density at radius 1 is 0.956 bits per heavy atom. The van der Waals surface area contributed by atoms with Crippen molar-refractivity contribution in [3.8, 4) is 5.75 Å². The summed E-state index contributed by atoms with van der Waals surface area (Å²) in [6.07, 6.45) is 2.52. The molecule has 1 saturated heterocycles. The standard InChI is InChI=1S/C37H41FN2O5/c1-4-44-29-10-11-30-27(20-29)13-15-40(35(30)32(41)18-25-16-28-12-14-37(2,3)34(28)31(38)17-25)36(43)39-21-26(22-39)19-33(42)45-23-24-8-6-5-7-9-24/h5-11,16-17,20,26,35H,4,12-15,18-19,21-23H2,1-3H3. The Balaban J connectivity index is 1.16. The number of esters is 1. The normalized spacial score (nSPS) is 18.5. The minimum atomic E-state index is -0.792. The zero-order valence-electron chi connectivity index (χ0n) is 26.3. The molecule has 0 radical (unpaired) electrons. The smallest absolute Gasteiger partial charge is 0.320 e. The fraction of sp³-hybridized carbons (Fsp3) is 0.432. The van der Waals surface area contributed by atoms with Gasteiger partial charge in [-0.1, -0.05) is 56.3 Å². The molecule has 1 atom stereocenters. The van der Waals surface area contributed by atoms with E-state index >= 15 is 4.39 Å². The molecule has 8 heteroatoms. The van der Waals surface area contributed by atoms with Crippen LogP contribution in [-0.2, 0) is 45.6 Å². The van der Waals surface area contributed by atoms with Crippen LogP contribution in [0.15, 0.2) is 60.7 Å². The molecule has 6 rings (SSSR count). The minimum Gasteiger partial charge on any atom is -0.494 e. The average molecular weight is 613 g/mol. The van der Waals surface area contributed by atoms with E-state index in [1.54, 1.807) is 9.80 Å². The van der Waals surface area contributed by atoms with Crippen molar-refractivity contribution in [3.05, 3.63) is 99.9 Å². The summed E-state index contributed by atoms with van der Waals surface area (Å²) in [7, 11) is 0. The number of ether oxygens (including phenoxy) is 2. The number of Topliss-reactive ketones (excluding diaryl/α,β-unsaturated/α-hetero) is 1. The molecule has 3 aliphatic rings. The quantitative estimate of drug-likeness (QED) is 0.264. The topological polar surface area (TPSA) is 76.2 Å². The van der Waals surface area contributed by atoms with Gasteiger partial charge in [0.1, 0.15) is 24.2 Å². The number of ketones is 1. The van der Waals surface area contributed by atoms with Gasteiger partial charge in [0.25, 0.3) is 0 Å². The zero-order chi connectivity index (χ0) is 31.7. The molecule has 0 saturated carbocycles. The second-order valence-electron chi connectivity index (χ2n) is 13.2. The average Bonchev–Trinajstić information content (AvgIpc) is 3.31. The van der Waals surface area contributed by atoms with Gasteiger partial charge in [-0.25, -0.2) is 9.18 Å². The van der Waals surface area contributed by atoms with Crippen LogP contribution in [0.4, 0.5) is 9.18 Å². The molecule has 1 unspecified atom stereocenters. The maximum atomic E-state index is 15.3. The summed E-state index contributed by atoms with van der Waals surface area (Å²) >= 11 is 0. The van der Waals surface area contributed by atoms with Crippen LogP contribution < -0.4 is 4.74 Å². The van der Waals surface area contributed by atoms with Crippen molar-refractivity contribution in [2.75, 3.05) is 26.2 Å². The molecule has 236 valence electrons.